The molecule has 110 valence electrons. The predicted molar refractivity (Wildman–Crippen MR) is 67.8 cm³/mol. The summed E-state index contributed by atoms with van der Waals surface area (Å²) in [5.74, 6) is -4.50. The van der Waals surface area contributed by atoms with Crippen LogP contribution in [0.5, 0.6) is 0 Å². The molecule has 1 aromatic carbocycles. The Morgan fingerprint density at radius 3 is 2.45 bits per heavy atom. The highest BCUT2D eigenvalue weighted by molar-refractivity contribution is 5.90. The van der Waals surface area contributed by atoms with E-state index in [4.69, 9.17) is 4.74 Å². The lowest BCUT2D eigenvalue weighted by atomic mass is 9.87. The van der Waals surface area contributed by atoms with E-state index in [1.54, 1.807) is 0 Å². The van der Waals surface area contributed by atoms with Gasteiger partial charge in [-0.15, -0.1) is 0 Å². The summed E-state index contributed by atoms with van der Waals surface area (Å²) < 4.78 is 44.6. The summed E-state index contributed by atoms with van der Waals surface area (Å²) in [6, 6.07) is 1.36. The Labute approximate surface area is 115 Å². The monoisotopic (exact) mass is 286 g/mol. The van der Waals surface area contributed by atoms with E-state index < -0.39 is 29.0 Å². The summed E-state index contributed by atoms with van der Waals surface area (Å²) in [5.41, 5.74) is -0.950. The molecule has 2 nitrogen and oxygen atoms in total. The molecule has 0 N–H and O–H groups in total. The Morgan fingerprint density at radius 2 is 1.75 bits per heavy atom. The van der Waals surface area contributed by atoms with Crippen LogP contribution in [0.4, 0.5) is 13.2 Å². The van der Waals surface area contributed by atoms with Crippen LogP contribution in [-0.2, 0) is 4.74 Å². The predicted octanol–water partition coefficient (Wildman–Crippen LogP) is 4.23. The van der Waals surface area contributed by atoms with Crippen LogP contribution in [-0.4, -0.2) is 12.6 Å². The van der Waals surface area contributed by atoms with E-state index in [9.17, 15) is 18.0 Å². The maximum atomic E-state index is 13.4. The average molecular weight is 286 g/mol. The number of carbonyl (C=O) groups is 1. The number of benzene rings is 1. The molecule has 0 aromatic heterocycles. The topological polar surface area (TPSA) is 26.3 Å². The SMILES string of the molecule is O=C(OCCC1CCCCC1)c1c(F)ccc(F)c1F. The summed E-state index contributed by atoms with van der Waals surface area (Å²) >= 11 is 0. The quantitative estimate of drug-likeness (QED) is 0.611. The van der Waals surface area contributed by atoms with E-state index in [0.29, 0.717) is 18.4 Å². The minimum Gasteiger partial charge on any atom is -0.462 e. The highest BCUT2D eigenvalue weighted by Gasteiger charge is 2.22. The largest absolute Gasteiger partial charge is 0.462 e. The number of hydrogen-bond donors (Lipinski definition) is 0. The Hall–Kier alpha value is -1.52. The number of rotatable bonds is 4. The number of carbonyl (C=O) groups excluding carboxylic acids is 1. The van der Waals surface area contributed by atoms with E-state index in [1.807, 2.05) is 0 Å². The number of halogens is 3. The van der Waals surface area contributed by atoms with Crippen molar-refractivity contribution in [2.24, 2.45) is 5.92 Å². The normalized spacial score (nSPS) is 16.1. The Balaban J connectivity index is 1.90. The molecular weight excluding hydrogens is 269 g/mol. The zero-order valence-electron chi connectivity index (χ0n) is 11.1. The second-order valence-corrected chi connectivity index (χ2v) is 5.15. The fourth-order valence-corrected chi connectivity index (χ4v) is 2.58. The smallest absolute Gasteiger partial charge is 0.344 e. The fourth-order valence-electron chi connectivity index (χ4n) is 2.58. The zero-order chi connectivity index (χ0) is 14.5. The molecule has 0 saturated heterocycles. The first kappa shape index (κ1) is 14.9. The van der Waals surface area contributed by atoms with Gasteiger partial charge in [-0.3, -0.25) is 0 Å². The van der Waals surface area contributed by atoms with Gasteiger partial charge in [-0.25, -0.2) is 18.0 Å². The second-order valence-electron chi connectivity index (χ2n) is 5.15. The molecule has 2 rings (SSSR count). The molecule has 1 saturated carbocycles. The molecule has 0 bridgehead atoms. The van der Waals surface area contributed by atoms with Crippen molar-refractivity contribution in [2.75, 3.05) is 6.61 Å². The minimum atomic E-state index is -1.49. The standard InChI is InChI=1S/C15H17F3O2/c16-11-6-7-12(17)14(18)13(11)15(19)20-9-8-10-4-2-1-3-5-10/h6-7,10H,1-5,8-9H2. The van der Waals surface area contributed by atoms with Crippen molar-refractivity contribution >= 4 is 5.97 Å². The molecule has 5 heteroatoms. The lowest BCUT2D eigenvalue weighted by molar-refractivity contribution is 0.0462. The number of hydrogen-bond acceptors (Lipinski definition) is 2. The highest BCUT2D eigenvalue weighted by Crippen LogP contribution is 2.26. The van der Waals surface area contributed by atoms with Crippen molar-refractivity contribution < 1.29 is 22.7 Å². The van der Waals surface area contributed by atoms with Crippen molar-refractivity contribution in [2.45, 2.75) is 38.5 Å². The van der Waals surface area contributed by atoms with E-state index in [-0.39, 0.29) is 6.61 Å². The van der Waals surface area contributed by atoms with Gasteiger partial charge in [0, 0.05) is 0 Å². The summed E-state index contributed by atoms with van der Waals surface area (Å²) in [4.78, 5) is 11.6. The van der Waals surface area contributed by atoms with E-state index in [2.05, 4.69) is 0 Å². The van der Waals surface area contributed by atoms with Gasteiger partial charge in [0.2, 0.25) is 0 Å². The van der Waals surface area contributed by atoms with Crippen LogP contribution in [0.1, 0.15) is 48.9 Å². The summed E-state index contributed by atoms with van der Waals surface area (Å²) in [6.45, 7) is 0.110. The molecule has 0 spiro atoms. The van der Waals surface area contributed by atoms with Crippen LogP contribution in [0.25, 0.3) is 0 Å². The van der Waals surface area contributed by atoms with Crippen molar-refractivity contribution in [3.05, 3.63) is 35.1 Å². The first-order chi connectivity index (χ1) is 9.59. The van der Waals surface area contributed by atoms with Crippen molar-refractivity contribution in [1.29, 1.82) is 0 Å². The molecule has 0 amide bonds. The third-order valence-corrected chi connectivity index (χ3v) is 3.73. The molecule has 1 aliphatic carbocycles. The molecule has 0 radical (unpaired) electrons. The minimum absolute atomic E-state index is 0.110. The van der Waals surface area contributed by atoms with E-state index in [0.717, 1.165) is 18.9 Å². The summed E-state index contributed by atoms with van der Waals surface area (Å²) in [6.07, 6.45) is 6.46. The summed E-state index contributed by atoms with van der Waals surface area (Å²) in [5, 5.41) is 0. The first-order valence-electron chi connectivity index (χ1n) is 6.90. The summed E-state index contributed by atoms with van der Waals surface area (Å²) in [7, 11) is 0. The number of esters is 1. The Bertz CT molecular complexity index is 482. The lowest BCUT2D eigenvalue weighted by Crippen LogP contribution is -2.15. The average Bonchev–Trinajstić information content (AvgIpc) is 2.44. The van der Waals surface area contributed by atoms with E-state index in [1.165, 1.54) is 19.3 Å². The van der Waals surface area contributed by atoms with Crippen LogP contribution in [0, 0.1) is 23.4 Å². The second kappa shape index (κ2) is 6.77. The van der Waals surface area contributed by atoms with Gasteiger partial charge in [-0.2, -0.15) is 0 Å². The van der Waals surface area contributed by atoms with Crippen molar-refractivity contribution in [3.8, 4) is 0 Å². The molecule has 0 atom stereocenters. The molecule has 0 unspecified atom stereocenters. The first-order valence-corrected chi connectivity index (χ1v) is 6.90. The van der Waals surface area contributed by atoms with Crippen LogP contribution in [0.2, 0.25) is 0 Å². The van der Waals surface area contributed by atoms with Crippen LogP contribution in [0.3, 0.4) is 0 Å². The zero-order valence-corrected chi connectivity index (χ0v) is 11.1. The molecular formula is C15H17F3O2. The third-order valence-electron chi connectivity index (χ3n) is 3.73. The van der Waals surface area contributed by atoms with Gasteiger partial charge in [0.1, 0.15) is 11.4 Å². The van der Waals surface area contributed by atoms with Crippen molar-refractivity contribution in [3.63, 3.8) is 0 Å². The maximum Gasteiger partial charge on any atom is 0.344 e. The van der Waals surface area contributed by atoms with Crippen LogP contribution >= 0.6 is 0 Å². The lowest BCUT2D eigenvalue weighted by Gasteiger charge is -2.21. The molecule has 1 fully saturated rings. The number of ether oxygens (including phenoxy) is 1. The van der Waals surface area contributed by atoms with Gasteiger partial charge < -0.3 is 4.74 Å². The van der Waals surface area contributed by atoms with Gasteiger partial charge >= 0.3 is 5.97 Å². The molecule has 1 aliphatic rings. The molecule has 20 heavy (non-hydrogen) atoms. The fraction of sp³-hybridized carbons (Fsp3) is 0.533. The Kier molecular flexibility index (Phi) is 5.04. The van der Waals surface area contributed by atoms with Crippen LogP contribution < -0.4 is 0 Å². The van der Waals surface area contributed by atoms with Gasteiger partial charge in [0.25, 0.3) is 0 Å². The van der Waals surface area contributed by atoms with Gasteiger partial charge in [-0.1, -0.05) is 32.1 Å². The molecule has 0 heterocycles. The van der Waals surface area contributed by atoms with Gasteiger partial charge in [0.15, 0.2) is 11.6 Å². The third kappa shape index (κ3) is 3.52. The van der Waals surface area contributed by atoms with Gasteiger partial charge in [0.05, 0.1) is 6.61 Å². The Morgan fingerprint density at radius 1 is 1.10 bits per heavy atom. The van der Waals surface area contributed by atoms with Gasteiger partial charge in [-0.05, 0) is 24.5 Å². The van der Waals surface area contributed by atoms with Crippen LogP contribution in [0.15, 0.2) is 12.1 Å². The molecule has 0 aliphatic heterocycles. The highest BCUT2D eigenvalue weighted by atomic mass is 19.2. The van der Waals surface area contributed by atoms with E-state index >= 15 is 0 Å². The molecule has 1 aromatic rings. The van der Waals surface area contributed by atoms with Crippen molar-refractivity contribution in [1.82, 2.24) is 0 Å². The maximum absolute atomic E-state index is 13.4.